The Kier molecular flexibility index (Phi) is 6.37. The topological polar surface area (TPSA) is 37.3 Å². The molecular weight excluding hydrogens is 522 g/mol. The van der Waals surface area contributed by atoms with Crippen LogP contribution in [0.3, 0.4) is 0 Å². The average Bonchev–Trinajstić information content (AvgIpc) is 2.54. The number of alkyl halides is 6. The molecule has 1 N–H and O–H groups in total. The highest BCUT2D eigenvalue weighted by molar-refractivity contribution is 9.10. The molecule has 0 aliphatic rings. The molecule has 2 aromatic rings. The van der Waals surface area contributed by atoms with Gasteiger partial charge in [-0.3, -0.25) is 4.79 Å². The van der Waals surface area contributed by atoms with Gasteiger partial charge < -0.3 is 5.11 Å². The van der Waals surface area contributed by atoms with Crippen LogP contribution in [0.15, 0.2) is 45.3 Å². The van der Waals surface area contributed by atoms with E-state index in [1.807, 2.05) is 0 Å². The van der Waals surface area contributed by atoms with Crippen LogP contribution in [0.5, 0.6) is 0 Å². The number of rotatable bonds is 4. The standard InChI is InChI=1S/C18H12Br2F6O2/c1-9-2-3-10(4-14(9)20)15(27)8-16(28,18(24,25)26)11-5-12(17(21,22)23)7-13(19)6-11/h2-7,28H,8H2,1H3. The van der Waals surface area contributed by atoms with E-state index in [0.717, 1.165) is 5.56 Å². The molecule has 2 rings (SSSR count). The number of carbonyl (C=O) groups is 1. The summed E-state index contributed by atoms with van der Waals surface area (Å²) in [6, 6.07) is 5.54. The Balaban J connectivity index is 2.55. The van der Waals surface area contributed by atoms with Crippen LogP contribution in [0, 0.1) is 6.92 Å². The van der Waals surface area contributed by atoms with Crippen molar-refractivity contribution >= 4 is 37.6 Å². The molecule has 2 nitrogen and oxygen atoms in total. The van der Waals surface area contributed by atoms with E-state index in [-0.39, 0.29) is 16.1 Å². The summed E-state index contributed by atoms with van der Waals surface area (Å²) in [4.78, 5) is 12.4. The van der Waals surface area contributed by atoms with E-state index in [0.29, 0.717) is 16.6 Å². The van der Waals surface area contributed by atoms with Gasteiger partial charge in [0.1, 0.15) is 0 Å². The lowest BCUT2D eigenvalue weighted by molar-refractivity contribution is -0.265. The van der Waals surface area contributed by atoms with Crippen molar-refractivity contribution in [3.63, 3.8) is 0 Å². The monoisotopic (exact) mass is 532 g/mol. The zero-order chi connectivity index (χ0) is 21.5. The Morgan fingerprint density at radius 2 is 1.54 bits per heavy atom. The fourth-order valence-electron chi connectivity index (χ4n) is 2.46. The molecule has 0 spiro atoms. The first-order valence-corrected chi connectivity index (χ1v) is 9.20. The lowest BCUT2D eigenvalue weighted by Gasteiger charge is -2.31. The summed E-state index contributed by atoms with van der Waals surface area (Å²) in [5.41, 5.74) is -5.66. The maximum Gasteiger partial charge on any atom is 0.421 e. The summed E-state index contributed by atoms with van der Waals surface area (Å²) in [5, 5.41) is 10.3. The molecule has 28 heavy (non-hydrogen) atoms. The first-order valence-electron chi connectivity index (χ1n) is 7.62. The van der Waals surface area contributed by atoms with Crippen LogP contribution in [0.4, 0.5) is 26.3 Å². The fraction of sp³-hybridized carbons (Fsp3) is 0.278. The Bertz CT molecular complexity index is 908. The quantitative estimate of drug-likeness (QED) is 0.357. The van der Waals surface area contributed by atoms with E-state index in [1.54, 1.807) is 6.92 Å². The van der Waals surface area contributed by atoms with Crippen LogP contribution in [-0.4, -0.2) is 17.1 Å². The van der Waals surface area contributed by atoms with Crippen molar-refractivity contribution in [3.05, 3.63) is 67.6 Å². The largest absolute Gasteiger partial charge is 0.421 e. The summed E-state index contributed by atoms with van der Waals surface area (Å²) in [7, 11) is 0. The maximum absolute atomic E-state index is 13.7. The van der Waals surface area contributed by atoms with Crippen molar-refractivity contribution in [3.8, 4) is 0 Å². The van der Waals surface area contributed by atoms with Crippen molar-refractivity contribution in [1.82, 2.24) is 0 Å². The minimum atomic E-state index is -5.39. The number of aliphatic hydroxyl groups is 1. The van der Waals surface area contributed by atoms with Gasteiger partial charge in [0.05, 0.1) is 12.0 Å². The molecular formula is C18H12Br2F6O2. The highest BCUT2D eigenvalue weighted by Gasteiger charge is 2.56. The predicted molar refractivity (Wildman–Crippen MR) is 96.9 cm³/mol. The number of carbonyl (C=O) groups excluding carboxylic acids is 1. The first kappa shape index (κ1) is 22.9. The summed E-state index contributed by atoms with van der Waals surface area (Å²) >= 11 is 5.87. The molecule has 0 fully saturated rings. The lowest BCUT2D eigenvalue weighted by Crippen LogP contribution is -2.44. The van der Waals surface area contributed by atoms with E-state index in [9.17, 15) is 36.2 Å². The van der Waals surface area contributed by atoms with Crippen molar-refractivity contribution < 1.29 is 36.2 Å². The van der Waals surface area contributed by atoms with Crippen LogP contribution in [-0.2, 0) is 11.8 Å². The third-order valence-corrected chi connectivity index (χ3v) is 5.39. The van der Waals surface area contributed by atoms with E-state index in [2.05, 4.69) is 31.9 Å². The van der Waals surface area contributed by atoms with Gasteiger partial charge >= 0.3 is 12.4 Å². The number of benzene rings is 2. The minimum absolute atomic E-state index is 0.119. The van der Waals surface area contributed by atoms with Crippen molar-refractivity contribution in [2.75, 3.05) is 0 Å². The summed E-state index contributed by atoms with van der Waals surface area (Å²) < 4.78 is 80.1. The SMILES string of the molecule is Cc1ccc(C(=O)CC(O)(c2cc(Br)cc(C(F)(F)F)c2)C(F)(F)F)cc1Br. The van der Waals surface area contributed by atoms with Gasteiger partial charge in [0, 0.05) is 14.5 Å². The van der Waals surface area contributed by atoms with Gasteiger partial charge in [-0.15, -0.1) is 0 Å². The summed E-state index contributed by atoms with van der Waals surface area (Å²) in [5.74, 6) is -1.07. The average molecular weight is 534 g/mol. The fourth-order valence-corrected chi connectivity index (χ4v) is 3.33. The third kappa shape index (κ3) is 4.77. The molecule has 0 aliphatic heterocycles. The summed E-state index contributed by atoms with van der Waals surface area (Å²) in [6.45, 7) is 1.70. The molecule has 152 valence electrons. The van der Waals surface area contributed by atoms with E-state index < -0.39 is 41.3 Å². The highest BCUT2D eigenvalue weighted by Crippen LogP contribution is 2.45. The van der Waals surface area contributed by atoms with Gasteiger partial charge in [0.25, 0.3) is 0 Å². The maximum atomic E-state index is 13.7. The minimum Gasteiger partial charge on any atom is -0.376 e. The van der Waals surface area contributed by atoms with Crippen LogP contribution in [0.25, 0.3) is 0 Å². The smallest absolute Gasteiger partial charge is 0.376 e. The lowest BCUT2D eigenvalue weighted by atomic mass is 9.85. The highest BCUT2D eigenvalue weighted by atomic mass is 79.9. The summed E-state index contributed by atoms with van der Waals surface area (Å²) in [6.07, 6.45) is -11.8. The molecule has 0 bridgehead atoms. The van der Waals surface area contributed by atoms with Crippen molar-refractivity contribution in [2.24, 2.45) is 0 Å². The van der Waals surface area contributed by atoms with Gasteiger partial charge in [-0.2, -0.15) is 26.3 Å². The Labute approximate surface area is 172 Å². The number of aryl methyl sites for hydroxylation is 1. The molecule has 10 heteroatoms. The van der Waals surface area contributed by atoms with E-state index in [4.69, 9.17) is 0 Å². The van der Waals surface area contributed by atoms with Crippen LogP contribution < -0.4 is 0 Å². The Morgan fingerprint density at radius 3 is 2.04 bits per heavy atom. The Morgan fingerprint density at radius 1 is 0.964 bits per heavy atom. The molecule has 1 unspecified atom stereocenters. The molecule has 0 amide bonds. The van der Waals surface area contributed by atoms with Gasteiger partial charge in [-0.05, 0) is 42.3 Å². The van der Waals surface area contributed by atoms with Gasteiger partial charge in [-0.1, -0.05) is 44.0 Å². The zero-order valence-electron chi connectivity index (χ0n) is 14.1. The van der Waals surface area contributed by atoms with Crippen LogP contribution in [0.1, 0.15) is 33.5 Å². The van der Waals surface area contributed by atoms with E-state index in [1.165, 1.54) is 18.2 Å². The van der Waals surface area contributed by atoms with Crippen LogP contribution >= 0.6 is 31.9 Å². The predicted octanol–water partition coefficient (Wildman–Crippen LogP) is 6.56. The molecule has 2 aromatic carbocycles. The normalized spacial score (nSPS) is 14.6. The third-order valence-electron chi connectivity index (χ3n) is 4.08. The Hall–Kier alpha value is -1.39. The number of hydrogen-bond donors (Lipinski definition) is 1. The molecule has 0 aromatic heterocycles. The van der Waals surface area contributed by atoms with Crippen molar-refractivity contribution in [1.29, 1.82) is 0 Å². The number of Topliss-reactive ketones (excluding diaryl/α,β-unsaturated/α-hetero) is 1. The molecule has 0 radical (unpaired) electrons. The molecule has 0 saturated heterocycles. The number of hydrogen-bond acceptors (Lipinski definition) is 2. The van der Waals surface area contributed by atoms with Crippen LogP contribution in [0.2, 0.25) is 0 Å². The number of halogens is 8. The second-order valence-corrected chi connectivity index (χ2v) is 7.92. The van der Waals surface area contributed by atoms with Gasteiger partial charge in [0.2, 0.25) is 0 Å². The van der Waals surface area contributed by atoms with Gasteiger partial charge in [-0.25, -0.2) is 0 Å². The molecule has 0 heterocycles. The molecule has 0 saturated carbocycles. The second-order valence-electron chi connectivity index (χ2n) is 6.15. The van der Waals surface area contributed by atoms with Gasteiger partial charge in [0.15, 0.2) is 11.4 Å². The molecule has 0 aliphatic carbocycles. The zero-order valence-corrected chi connectivity index (χ0v) is 17.2. The molecule has 1 atom stereocenters. The second kappa shape index (κ2) is 7.79. The first-order chi connectivity index (χ1) is 12.6. The van der Waals surface area contributed by atoms with Crippen molar-refractivity contribution in [2.45, 2.75) is 31.3 Å². The number of ketones is 1. The van der Waals surface area contributed by atoms with E-state index >= 15 is 0 Å².